The fourth-order valence-electron chi connectivity index (χ4n) is 6.58. The van der Waals surface area contributed by atoms with E-state index in [0.717, 1.165) is 5.56 Å². The minimum Gasteiger partial charge on any atom is -0.507 e. The molecule has 3 saturated heterocycles. The molecule has 13 heteroatoms. The number of aliphatic hydroxyl groups excluding tert-OH is 3. The molecule has 10 atom stereocenters. The first-order valence-electron chi connectivity index (χ1n) is 15.4. The number of hydrogen-bond acceptors (Lipinski definition) is 13. The Hall–Kier alpha value is -4.44. The number of carbonyl (C=O) groups excluding carboxylic acids is 2. The summed E-state index contributed by atoms with van der Waals surface area (Å²) < 4.78 is 34.5. The second kappa shape index (κ2) is 12.2. The number of fused-ring (bicyclic) bond motifs is 3. The molecular weight excluding hydrogens is 626 g/mol. The molecule has 13 nitrogen and oxygen atoms in total. The third-order valence-corrected chi connectivity index (χ3v) is 9.26. The fourth-order valence-corrected chi connectivity index (χ4v) is 6.58. The lowest BCUT2D eigenvalue weighted by atomic mass is 9.97. The predicted molar refractivity (Wildman–Crippen MR) is 165 cm³/mol. The summed E-state index contributed by atoms with van der Waals surface area (Å²) >= 11 is 0. The fraction of sp³-hybridized carbons (Fsp3) is 0.429. The third-order valence-electron chi connectivity index (χ3n) is 9.26. The molecule has 2 unspecified atom stereocenters. The number of esters is 1. The number of aryl methyl sites for hydroxylation is 1. The highest BCUT2D eigenvalue weighted by atomic mass is 16.8. The molecule has 2 aromatic rings. The zero-order valence-corrected chi connectivity index (χ0v) is 26.1. The zero-order chi connectivity index (χ0) is 33.9. The quantitative estimate of drug-likeness (QED) is 0.160. The Kier molecular flexibility index (Phi) is 8.18. The molecule has 48 heavy (non-hydrogen) atoms. The molecular formula is C35H33NO12. The Morgan fingerprint density at radius 2 is 2.00 bits per heavy atom. The van der Waals surface area contributed by atoms with Gasteiger partial charge in [-0.2, -0.15) is 0 Å². The van der Waals surface area contributed by atoms with E-state index in [0.29, 0.717) is 27.5 Å². The second-order valence-electron chi connectivity index (χ2n) is 12.2. The number of rotatable bonds is 7. The van der Waals surface area contributed by atoms with E-state index in [1.165, 1.54) is 6.07 Å². The van der Waals surface area contributed by atoms with Gasteiger partial charge in [-0.05, 0) is 61.7 Å². The number of ether oxygens (including phenoxy) is 6. The molecule has 2 aromatic carbocycles. The SMILES string of the molecule is CNC1[C@H](O[C@@H]2/C3=C/C#C[C@H]4O[C@@]4([C@H]4COC(=O)O4)C#CC3=C[C@H]2OC(=O)c2c(O)ccc3c(C)cc(CO)cc23)OC(C)[C@H](O)[C@H]1O. The van der Waals surface area contributed by atoms with Crippen LogP contribution in [0.1, 0.15) is 28.4 Å². The lowest BCUT2D eigenvalue weighted by Gasteiger charge is -2.42. The number of likely N-dealkylation sites (N-methyl/N-ethyl adjacent to an activating group) is 1. The number of carbonyl (C=O) groups is 2. The van der Waals surface area contributed by atoms with E-state index in [1.807, 2.05) is 6.92 Å². The number of phenols is 1. The van der Waals surface area contributed by atoms with Gasteiger partial charge in [0.05, 0.1) is 18.8 Å². The molecule has 0 bridgehead atoms. The monoisotopic (exact) mass is 659 g/mol. The highest BCUT2D eigenvalue weighted by Gasteiger charge is 2.65. The van der Waals surface area contributed by atoms with E-state index in [4.69, 9.17) is 28.4 Å². The van der Waals surface area contributed by atoms with Gasteiger partial charge in [-0.25, -0.2) is 9.59 Å². The first-order valence-corrected chi connectivity index (χ1v) is 15.4. The van der Waals surface area contributed by atoms with Crippen molar-refractivity contribution in [1.82, 2.24) is 5.32 Å². The number of aromatic hydroxyl groups is 1. The lowest BCUT2D eigenvalue weighted by Crippen LogP contribution is -2.62. The van der Waals surface area contributed by atoms with Crippen LogP contribution in [-0.2, 0) is 35.0 Å². The van der Waals surface area contributed by atoms with Crippen LogP contribution < -0.4 is 5.32 Å². The first-order chi connectivity index (χ1) is 23.0. The van der Waals surface area contributed by atoms with Crippen molar-refractivity contribution in [2.24, 2.45) is 0 Å². The van der Waals surface area contributed by atoms with Crippen molar-refractivity contribution in [3.63, 3.8) is 0 Å². The van der Waals surface area contributed by atoms with Crippen LogP contribution in [-0.4, -0.2) is 107 Å². The summed E-state index contributed by atoms with van der Waals surface area (Å²) in [6.45, 7) is 3.10. The number of aliphatic hydroxyl groups is 3. The van der Waals surface area contributed by atoms with Crippen molar-refractivity contribution in [2.45, 2.75) is 81.1 Å². The third kappa shape index (κ3) is 5.40. The molecule has 3 heterocycles. The van der Waals surface area contributed by atoms with Crippen LogP contribution in [0.25, 0.3) is 10.8 Å². The first kappa shape index (κ1) is 32.1. The summed E-state index contributed by atoms with van der Waals surface area (Å²) in [4.78, 5) is 25.6. The van der Waals surface area contributed by atoms with Crippen LogP contribution >= 0.6 is 0 Å². The van der Waals surface area contributed by atoms with Crippen molar-refractivity contribution in [3.8, 4) is 29.4 Å². The summed E-state index contributed by atoms with van der Waals surface area (Å²) in [6, 6.07) is 5.63. The molecule has 0 saturated carbocycles. The molecule has 7 rings (SSSR count). The predicted octanol–water partition coefficient (Wildman–Crippen LogP) is 0.871. The summed E-state index contributed by atoms with van der Waals surface area (Å²) in [5, 5.41) is 46.0. The Bertz CT molecular complexity index is 1880. The maximum Gasteiger partial charge on any atom is 0.508 e. The second-order valence-corrected chi connectivity index (χ2v) is 12.2. The van der Waals surface area contributed by atoms with E-state index < -0.39 is 72.8 Å². The Morgan fingerprint density at radius 3 is 2.73 bits per heavy atom. The van der Waals surface area contributed by atoms with Crippen LogP contribution in [0.2, 0.25) is 0 Å². The molecule has 0 aromatic heterocycles. The minimum absolute atomic E-state index is 0.0558. The van der Waals surface area contributed by atoms with Crippen LogP contribution in [0.15, 0.2) is 47.6 Å². The van der Waals surface area contributed by atoms with Crippen molar-refractivity contribution in [3.05, 3.63) is 64.3 Å². The molecule has 5 N–H and O–H groups in total. The van der Waals surface area contributed by atoms with Crippen LogP contribution in [0.3, 0.4) is 0 Å². The van der Waals surface area contributed by atoms with E-state index in [-0.39, 0.29) is 24.5 Å². The molecule has 5 aliphatic rings. The number of epoxide rings is 1. The normalized spacial score (nSPS) is 35.8. The number of phenolic OH excluding ortho intramolecular Hbond substituents is 1. The molecule has 2 aliphatic carbocycles. The number of cyclic esters (lactones) is 2. The number of nitrogens with one attached hydrogen (secondary N) is 1. The van der Waals surface area contributed by atoms with Gasteiger partial charge < -0.3 is 54.2 Å². The summed E-state index contributed by atoms with van der Waals surface area (Å²) in [5.41, 5.74) is 0.848. The number of benzene rings is 2. The van der Waals surface area contributed by atoms with Gasteiger partial charge in [0.25, 0.3) is 0 Å². The minimum atomic E-state index is -1.25. The van der Waals surface area contributed by atoms with Crippen molar-refractivity contribution in [1.29, 1.82) is 0 Å². The average molecular weight is 660 g/mol. The topological polar surface area (TPSA) is 186 Å². The van der Waals surface area contributed by atoms with E-state index >= 15 is 0 Å². The van der Waals surface area contributed by atoms with Gasteiger partial charge >= 0.3 is 12.1 Å². The van der Waals surface area contributed by atoms with E-state index in [9.17, 15) is 30.0 Å². The molecule has 0 spiro atoms. The van der Waals surface area contributed by atoms with Crippen LogP contribution in [0, 0.1) is 30.6 Å². The van der Waals surface area contributed by atoms with Crippen LogP contribution in [0.4, 0.5) is 4.79 Å². The average Bonchev–Trinajstić information content (AvgIpc) is 3.39. The molecule has 3 fully saturated rings. The lowest BCUT2D eigenvalue weighted by molar-refractivity contribution is -0.273. The summed E-state index contributed by atoms with van der Waals surface area (Å²) in [5.74, 6) is 10.9. The van der Waals surface area contributed by atoms with Gasteiger partial charge in [0.15, 0.2) is 24.6 Å². The maximum absolute atomic E-state index is 14.0. The highest BCUT2D eigenvalue weighted by Crippen LogP contribution is 2.44. The van der Waals surface area contributed by atoms with Gasteiger partial charge in [0, 0.05) is 16.5 Å². The van der Waals surface area contributed by atoms with Crippen molar-refractivity contribution in [2.75, 3.05) is 13.7 Å². The largest absolute Gasteiger partial charge is 0.508 e. The zero-order valence-electron chi connectivity index (χ0n) is 26.1. The summed E-state index contributed by atoms with van der Waals surface area (Å²) in [6.07, 6.45) is -5.68. The molecule has 0 amide bonds. The van der Waals surface area contributed by atoms with Crippen molar-refractivity contribution < 1.29 is 58.4 Å². The Morgan fingerprint density at radius 1 is 1.19 bits per heavy atom. The maximum atomic E-state index is 14.0. The van der Waals surface area contributed by atoms with Gasteiger partial charge in [0.2, 0.25) is 5.60 Å². The van der Waals surface area contributed by atoms with Gasteiger partial charge in [-0.3, -0.25) is 0 Å². The Labute approximate surface area is 275 Å². The number of hydrogen-bond donors (Lipinski definition) is 5. The highest BCUT2D eigenvalue weighted by molar-refractivity contribution is 6.08. The molecule has 250 valence electrons. The molecule has 0 radical (unpaired) electrons. The smallest absolute Gasteiger partial charge is 0.507 e. The van der Waals surface area contributed by atoms with Gasteiger partial charge in [0.1, 0.15) is 36.2 Å². The Balaban J connectivity index is 1.27. The molecule has 3 aliphatic heterocycles. The van der Waals surface area contributed by atoms with Gasteiger partial charge in [-0.1, -0.05) is 35.8 Å². The van der Waals surface area contributed by atoms with E-state index in [1.54, 1.807) is 44.3 Å². The van der Waals surface area contributed by atoms with Crippen LogP contribution in [0.5, 0.6) is 5.75 Å². The number of allylic oxidation sites excluding steroid dienone is 1. The van der Waals surface area contributed by atoms with Gasteiger partial charge in [-0.15, -0.1) is 0 Å². The van der Waals surface area contributed by atoms with Crippen molar-refractivity contribution >= 4 is 22.9 Å². The van der Waals surface area contributed by atoms with E-state index in [2.05, 4.69) is 29.0 Å². The standard InChI is InChI=1S/C35H33NO12/c1-16-11-18(14-37)12-22-20(16)7-8-23(38)27(22)32(41)45-24-13-19-9-10-35(26-15-43-34(42)46-26)25(48-35)6-4-5-21(19)31(24)47-33-28(36-3)30(40)29(39)17(2)44-33/h5,7-8,11-13,17,24-26,28-31,33,36-40H,14-15H2,1-3H3/b21-5+/t17?,24-,25-,26-,28?,29+,30+,31-,33+,35+/m1/s1. The summed E-state index contributed by atoms with van der Waals surface area (Å²) in [7, 11) is 1.58.